The number of carbonyl (C=O) groups excluding carboxylic acids is 1. The fourth-order valence-corrected chi connectivity index (χ4v) is 3.13. The van der Waals surface area contributed by atoms with E-state index in [2.05, 4.69) is 31.0 Å². The molecule has 4 heteroatoms. The van der Waals surface area contributed by atoms with E-state index in [9.17, 15) is 4.79 Å². The van der Waals surface area contributed by atoms with Crippen molar-refractivity contribution < 1.29 is 4.79 Å². The molecule has 3 N–H and O–H groups in total. The van der Waals surface area contributed by atoms with E-state index in [0.29, 0.717) is 17.9 Å². The second kappa shape index (κ2) is 7.85. The van der Waals surface area contributed by atoms with Crippen molar-refractivity contribution in [2.75, 3.05) is 19.6 Å². The molecule has 19 heavy (non-hydrogen) atoms. The van der Waals surface area contributed by atoms with Gasteiger partial charge in [-0.25, -0.2) is 0 Å². The van der Waals surface area contributed by atoms with Gasteiger partial charge in [-0.15, -0.1) is 0 Å². The van der Waals surface area contributed by atoms with Crippen LogP contribution in [0.3, 0.4) is 0 Å². The average Bonchev–Trinajstić information content (AvgIpc) is 2.84. The number of likely N-dealkylation sites (N-methyl/N-ethyl adjacent to an activating group) is 1. The van der Waals surface area contributed by atoms with Crippen LogP contribution in [0.1, 0.15) is 47.0 Å². The van der Waals surface area contributed by atoms with Gasteiger partial charge in [0.25, 0.3) is 0 Å². The molecule has 0 bridgehead atoms. The highest BCUT2D eigenvalue weighted by Crippen LogP contribution is 2.30. The summed E-state index contributed by atoms with van der Waals surface area (Å²) in [6, 6.07) is 0.427. The zero-order valence-corrected chi connectivity index (χ0v) is 13.0. The zero-order chi connectivity index (χ0) is 14.4. The van der Waals surface area contributed by atoms with E-state index < -0.39 is 0 Å². The van der Waals surface area contributed by atoms with Crippen LogP contribution in [0.2, 0.25) is 0 Å². The minimum Gasteiger partial charge on any atom is -0.354 e. The quantitative estimate of drug-likeness (QED) is 0.738. The number of hydrogen-bond acceptors (Lipinski definition) is 3. The van der Waals surface area contributed by atoms with E-state index in [1.165, 1.54) is 19.3 Å². The first-order valence-corrected chi connectivity index (χ1v) is 7.74. The van der Waals surface area contributed by atoms with E-state index in [1.807, 2.05) is 6.92 Å². The van der Waals surface area contributed by atoms with E-state index in [1.54, 1.807) is 0 Å². The number of carbonyl (C=O) groups is 1. The molecule has 1 aliphatic rings. The molecule has 1 aliphatic carbocycles. The van der Waals surface area contributed by atoms with Crippen molar-refractivity contribution in [2.24, 2.45) is 17.6 Å². The smallest absolute Gasteiger partial charge is 0.237 e. The first-order chi connectivity index (χ1) is 9.01. The number of nitrogens with one attached hydrogen (secondary N) is 1. The number of nitrogens with two attached hydrogens (primary N) is 1. The molecule has 3 unspecified atom stereocenters. The topological polar surface area (TPSA) is 58.4 Å². The van der Waals surface area contributed by atoms with Gasteiger partial charge in [0, 0.05) is 12.6 Å². The maximum Gasteiger partial charge on any atom is 0.237 e. The lowest BCUT2D eigenvalue weighted by molar-refractivity contribution is -0.127. The molecule has 0 aliphatic heterocycles. The normalized spacial score (nSPS) is 25.0. The maximum atomic E-state index is 12.2. The Balaban J connectivity index is 2.60. The first kappa shape index (κ1) is 16.4. The van der Waals surface area contributed by atoms with Gasteiger partial charge in [0.05, 0.1) is 6.04 Å². The number of nitrogens with zero attached hydrogens (tertiary/aromatic N) is 1. The van der Waals surface area contributed by atoms with Crippen molar-refractivity contribution in [3.05, 3.63) is 0 Å². The molecule has 3 atom stereocenters. The molecule has 1 rings (SSSR count). The van der Waals surface area contributed by atoms with E-state index in [0.717, 1.165) is 19.6 Å². The summed E-state index contributed by atoms with van der Waals surface area (Å²) in [5.41, 5.74) is 5.86. The Bertz CT molecular complexity index is 281. The minimum absolute atomic E-state index is 0.0547. The molecular weight excluding hydrogens is 238 g/mol. The van der Waals surface area contributed by atoms with Gasteiger partial charge in [-0.05, 0) is 44.7 Å². The molecule has 0 aromatic heterocycles. The third-order valence-electron chi connectivity index (χ3n) is 4.27. The predicted molar refractivity (Wildman–Crippen MR) is 79.9 cm³/mol. The van der Waals surface area contributed by atoms with Crippen LogP contribution in [0.4, 0.5) is 0 Å². The lowest BCUT2D eigenvalue weighted by atomic mass is 10.0. The lowest BCUT2D eigenvalue weighted by Gasteiger charge is -2.36. The molecule has 1 amide bonds. The summed E-state index contributed by atoms with van der Waals surface area (Å²) in [6.45, 7) is 10.8. The predicted octanol–water partition coefficient (Wildman–Crippen LogP) is 1.60. The second-order valence-electron chi connectivity index (χ2n) is 6.14. The minimum atomic E-state index is -0.0547. The van der Waals surface area contributed by atoms with Crippen LogP contribution in [0.25, 0.3) is 0 Å². The van der Waals surface area contributed by atoms with Crippen molar-refractivity contribution >= 4 is 5.91 Å². The molecule has 4 nitrogen and oxygen atoms in total. The molecule has 0 radical (unpaired) electrons. The van der Waals surface area contributed by atoms with Crippen molar-refractivity contribution in [3.8, 4) is 0 Å². The highest BCUT2D eigenvalue weighted by atomic mass is 16.2. The van der Waals surface area contributed by atoms with Crippen molar-refractivity contribution in [1.82, 2.24) is 10.2 Å². The maximum absolute atomic E-state index is 12.2. The summed E-state index contributed by atoms with van der Waals surface area (Å²) in [7, 11) is 0. The fraction of sp³-hybridized carbons (Fsp3) is 0.933. The number of amides is 1. The fourth-order valence-electron chi connectivity index (χ4n) is 3.13. The van der Waals surface area contributed by atoms with Gasteiger partial charge in [0.15, 0.2) is 0 Å². The molecule has 0 spiro atoms. The van der Waals surface area contributed by atoms with E-state index in [4.69, 9.17) is 5.73 Å². The molecule has 112 valence electrons. The summed E-state index contributed by atoms with van der Waals surface area (Å²) in [4.78, 5) is 14.5. The molecule has 0 aromatic rings. The van der Waals surface area contributed by atoms with Crippen molar-refractivity contribution in [2.45, 2.75) is 59.0 Å². The van der Waals surface area contributed by atoms with Crippen LogP contribution >= 0.6 is 0 Å². The Hall–Kier alpha value is -0.610. The molecule has 1 fully saturated rings. The van der Waals surface area contributed by atoms with Crippen molar-refractivity contribution in [3.63, 3.8) is 0 Å². The van der Waals surface area contributed by atoms with E-state index in [-0.39, 0.29) is 11.9 Å². The Morgan fingerprint density at radius 1 is 1.37 bits per heavy atom. The number of rotatable bonds is 7. The van der Waals surface area contributed by atoms with Gasteiger partial charge in [-0.1, -0.05) is 27.2 Å². The van der Waals surface area contributed by atoms with Crippen LogP contribution in [0, 0.1) is 11.8 Å². The highest BCUT2D eigenvalue weighted by Gasteiger charge is 2.34. The van der Waals surface area contributed by atoms with Gasteiger partial charge >= 0.3 is 0 Å². The summed E-state index contributed by atoms with van der Waals surface area (Å²) >= 11 is 0. The van der Waals surface area contributed by atoms with Crippen LogP contribution in [0.15, 0.2) is 0 Å². The van der Waals surface area contributed by atoms with Gasteiger partial charge in [0.2, 0.25) is 5.91 Å². The first-order valence-electron chi connectivity index (χ1n) is 7.74. The van der Waals surface area contributed by atoms with Crippen LogP contribution in [0.5, 0.6) is 0 Å². The molecular formula is C15H31N3O. The van der Waals surface area contributed by atoms with Gasteiger partial charge < -0.3 is 11.1 Å². The van der Waals surface area contributed by atoms with Crippen LogP contribution < -0.4 is 11.1 Å². The summed E-state index contributed by atoms with van der Waals surface area (Å²) in [5, 5.41) is 3.04. The Morgan fingerprint density at radius 3 is 2.58 bits per heavy atom. The monoisotopic (exact) mass is 269 g/mol. The molecule has 0 saturated heterocycles. The highest BCUT2D eigenvalue weighted by molar-refractivity contribution is 5.81. The SMILES string of the molecule is CCN(C(C)C(=O)NCC(C)C)C1CCCC1CN. The Labute approximate surface area is 118 Å². The van der Waals surface area contributed by atoms with Gasteiger partial charge in [-0.2, -0.15) is 0 Å². The standard InChI is InChI=1S/C15H31N3O/c1-5-18(14-8-6-7-13(14)9-16)12(4)15(19)17-10-11(2)3/h11-14H,5-10,16H2,1-4H3,(H,17,19). The Kier molecular flexibility index (Phi) is 6.80. The van der Waals surface area contributed by atoms with Crippen LogP contribution in [-0.4, -0.2) is 42.5 Å². The van der Waals surface area contributed by atoms with Crippen LogP contribution in [-0.2, 0) is 4.79 Å². The summed E-state index contributed by atoms with van der Waals surface area (Å²) in [6.07, 6.45) is 3.62. The van der Waals surface area contributed by atoms with Gasteiger partial charge in [-0.3, -0.25) is 9.69 Å². The molecule has 0 aromatic carbocycles. The zero-order valence-electron chi connectivity index (χ0n) is 13.0. The van der Waals surface area contributed by atoms with Crippen molar-refractivity contribution in [1.29, 1.82) is 0 Å². The average molecular weight is 269 g/mol. The Morgan fingerprint density at radius 2 is 2.05 bits per heavy atom. The molecule has 0 heterocycles. The second-order valence-corrected chi connectivity index (χ2v) is 6.14. The third kappa shape index (κ3) is 4.46. The third-order valence-corrected chi connectivity index (χ3v) is 4.27. The lowest BCUT2D eigenvalue weighted by Crippen LogP contribution is -2.52. The summed E-state index contributed by atoms with van der Waals surface area (Å²) in [5.74, 6) is 1.20. The number of hydrogen-bond donors (Lipinski definition) is 2. The summed E-state index contributed by atoms with van der Waals surface area (Å²) < 4.78 is 0. The van der Waals surface area contributed by atoms with E-state index >= 15 is 0 Å². The van der Waals surface area contributed by atoms with Gasteiger partial charge in [0.1, 0.15) is 0 Å². The molecule has 1 saturated carbocycles. The largest absolute Gasteiger partial charge is 0.354 e.